The first-order valence-electron chi connectivity index (χ1n) is 6.98. The van der Waals surface area contributed by atoms with Crippen molar-refractivity contribution >= 4 is 11.5 Å². The molecule has 1 heterocycles. The smallest absolute Gasteiger partial charge is 0.247 e. The number of aliphatic hydroxyl groups is 1. The number of nitrogens with zero attached hydrogens (tertiary/aromatic N) is 1. The van der Waals surface area contributed by atoms with Crippen molar-refractivity contribution < 1.29 is 19.0 Å². The average molecular weight is 293 g/mol. The molecule has 0 spiro atoms. The molecular formula is C16H20FNO3. The molecule has 1 fully saturated rings. The highest BCUT2D eigenvalue weighted by atomic mass is 19.1. The van der Waals surface area contributed by atoms with E-state index in [0.29, 0.717) is 24.3 Å². The zero-order valence-corrected chi connectivity index (χ0v) is 12.3. The number of halogens is 1. The SMILES string of the molecule is C/C(=C/C(=O)N1CC(CO)OCC1C)c1cccc(F)c1. The number of hydrogen-bond donors (Lipinski definition) is 1. The average Bonchev–Trinajstić information content (AvgIpc) is 2.47. The van der Waals surface area contributed by atoms with Gasteiger partial charge in [-0.05, 0) is 37.1 Å². The number of carbonyl (C=O) groups excluding carboxylic acids is 1. The molecule has 1 aliphatic heterocycles. The molecule has 2 rings (SSSR count). The Bertz CT molecular complexity index is 544. The van der Waals surface area contributed by atoms with Crippen LogP contribution in [0.5, 0.6) is 0 Å². The molecular weight excluding hydrogens is 273 g/mol. The maximum absolute atomic E-state index is 13.2. The van der Waals surface area contributed by atoms with E-state index in [1.165, 1.54) is 18.2 Å². The molecule has 1 aromatic carbocycles. The van der Waals surface area contributed by atoms with E-state index in [-0.39, 0.29) is 30.5 Å². The second kappa shape index (κ2) is 6.83. The predicted octanol–water partition coefficient (Wildman–Crippen LogP) is 1.84. The van der Waals surface area contributed by atoms with Crippen LogP contribution in [0.3, 0.4) is 0 Å². The van der Waals surface area contributed by atoms with Gasteiger partial charge in [-0.1, -0.05) is 12.1 Å². The Kier molecular flexibility index (Phi) is 5.09. The van der Waals surface area contributed by atoms with Crippen molar-refractivity contribution in [2.45, 2.75) is 26.0 Å². The Labute approximate surface area is 123 Å². The highest BCUT2D eigenvalue weighted by molar-refractivity contribution is 5.95. The van der Waals surface area contributed by atoms with E-state index in [1.807, 2.05) is 6.92 Å². The van der Waals surface area contributed by atoms with E-state index < -0.39 is 0 Å². The predicted molar refractivity (Wildman–Crippen MR) is 78.1 cm³/mol. The molecule has 0 aliphatic carbocycles. The molecule has 1 aliphatic rings. The summed E-state index contributed by atoms with van der Waals surface area (Å²) in [6.45, 7) is 4.34. The van der Waals surface area contributed by atoms with Crippen LogP contribution in [0.2, 0.25) is 0 Å². The molecule has 114 valence electrons. The summed E-state index contributed by atoms with van der Waals surface area (Å²) < 4.78 is 18.6. The van der Waals surface area contributed by atoms with Gasteiger partial charge in [-0.3, -0.25) is 4.79 Å². The normalized spacial score (nSPS) is 23.2. The Morgan fingerprint density at radius 2 is 2.33 bits per heavy atom. The first kappa shape index (κ1) is 15.7. The minimum absolute atomic E-state index is 0.0446. The maximum atomic E-state index is 13.2. The largest absolute Gasteiger partial charge is 0.394 e. The van der Waals surface area contributed by atoms with Crippen molar-refractivity contribution in [3.05, 3.63) is 41.7 Å². The van der Waals surface area contributed by atoms with E-state index in [1.54, 1.807) is 24.0 Å². The van der Waals surface area contributed by atoms with Crippen LogP contribution in [0.15, 0.2) is 30.3 Å². The lowest BCUT2D eigenvalue weighted by atomic mass is 10.1. The summed E-state index contributed by atoms with van der Waals surface area (Å²) in [5.74, 6) is -0.473. The fourth-order valence-corrected chi connectivity index (χ4v) is 2.32. The summed E-state index contributed by atoms with van der Waals surface area (Å²) in [5.41, 5.74) is 1.39. The first-order chi connectivity index (χ1) is 10.0. The Hall–Kier alpha value is -1.72. The summed E-state index contributed by atoms with van der Waals surface area (Å²) in [5, 5.41) is 9.15. The topological polar surface area (TPSA) is 49.8 Å². The summed E-state index contributed by atoms with van der Waals surface area (Å²) in [6.07, 6.45) is 1.17. The van der Waals surface area contributed by atoms with Crippen LogP contribution in [0.25, 0.3) is 5.57 Å². The fraction of sp³-hybridized carbons (Fsp3) is 0.438. The quantitative estimate of drug-likeness (QED) is 0.865. The maximum Gasteiger partial charge on any atom is 0.247 e. The van der Waals surface area contributed by atoms with Crippen molar-refractivity contribution in [3.8, 4) is 0 Å². The van der Waals surface area contributed by atoms with Crippen LogP contribution in [-0.4, -0.2) is 47.8 Å². The van der Waals surface area contributed by atoms with Crippen LogP contribution < -0.4 is 0 Å². The fourth-order valence-electron chi connectivity index (χ4n) is 2.32. The van der Waals surface area contributed by atoms with Gasteiger partial charge < -0.3 is 14.7 Å². The molecule has 1 saturated heterocycles. The third-order valence-electron chi connectivity index (χ3n) is 3.61. The van der Waals surface area contributed by atoms with Crippen LogP contribution in [0.1, 0.15) is 19.4 Å². The number of amides is 1. The molecule has 1 N–H and O–H groups in total. The van der Waals surface area contributed by atoms with Crippen LogP contribution in [0.4, 0.5) is 4.39 Å². The third-order valence-corrected chi connectivity index (χ3v) is 3.61. The van der Waals surface area contributed by atoms with E-state index in [0.717, 1.165) is 0 Å². The molecule has 0 saturated carbocycles. The minimum atomic E-state index is -0.340. The lowest BCUT2D eigenvalue weighted by molar-refractivity contribution is -0.140. The monoisotopic (exact) mass is 293 g/mol. The van der Waals surface area contributed by atoms with Crippen LogP contribution in [0, 0.1) is 5.82 Å². The van der Waals surface area contributed by atoms with Crippen molar-refractivity contribution in [1.29, 1.82) is 0 Å². The number of allylic oxidation sites excluding steroid dienone is 1. The van der Waals surface area contributed by atoms with Gasteiger partial charge in [-0.15, -0.1) is 0 Å². The van der Waals surface area contributed by atoms with E-state index >= 15 is 0 Å². The van der Waals surface area contributed by atoms with Crippen molar-refractivity contribution in [2.75, 3.05) is 19.8 Å². The van der Waals surface area contributed by atoms with Crippen molar-refractivity contribution in [1.82, 2.24) is 4.90 Å². The lowest BCUT2D eigenvalue weighted by Crippen LogP contribution is -2.51. The molecule has 2 atom stereocenters. The van der Waals surface area contributed by atoms with E-state index in [9.17, 15) is 9.18 Å². The molecule has 1 amide bonds. The standard InChI is InChI=1S/C16H20FNO3/c1-11(13-4-3-5-14(17)7-13)6-16(20)18-8-15(9-19)21-10-12(18)2/h3-7,12,15,19H,8-10H2,1-2H3/b11-6-. The van der Waals surface area contributed by atoms with Gasteiger partial charge in [0.25, 0.3) is 0 Å². The molecule has 0 radical (unpaired) electrons. The van der Waals surface area contributed by atoms with Gasteiger partial charge in [0, 0.05) is 12.6 Å². The highest BCUT2D eigenvalue weighted by Crippen LogP contribution is 2.17. The molecule has 0 aromatic heterocycles. The highest BCUT2D eigenvalue weighted by Gasteiger charge is 2.28. The molecule has 4 nitrogen and oxygen atoms in total. The van der Waals surface area contributed by atoms with Gasteiger partial charge in [0.1, 0.15) is 5.82 Å². The molecule has 21 heavy (non-hydrogen) atoms. The van der Waals surface area contributed by atoms with Gasteiger partial charge in [0.15, 0.2) is 0 Å². The molecule has 0 bridgehead atoms. The molecule has 5 heteroatoms. The van der Waals surface area contributed by atoms with E-state index in [4.69, 9.17) is 9.84 Å². The number of morpholine rings is 1. The summed E-state index contributed by atoms with van der Waals surface area (Å²) >= 11 is 0. The number of hydrogen-bond acceptors (Lipinski definition) is 3. The summed E-state index contributed by atoms with van der Waals surface area (Å²) in [7, 11) is 0. The number of ether oxygens (including phenoxy) is 1. The van der Waals surface area contributed by atoms with Gasteiger partial charge in [0.2, 0.25) is 5.91 Å². The number of carbonyl (C=O) groups is 1. The van der Waals surface area contributed by atoms with Gasteiger partial charge in [-0.2, -0.15) is 0 Å². The second-order valence-electron chi connectivity index (χ2n) is 5.32. The number of benzene rings is 1. The van der Waals surface area contributed by atoms with Crippen molar-refractivity contribution in [3.63, 3.8) is 0 Å². The summed E-state index contributed by atoms with van der Waals surface area (Å²) in [4.78, 5) is 14.0. The van der Waals surface area contributed by atoms with E-state index in [2.05, 4.69) is 0 Å². The van der Waals surface area contributed by atoms with Crippen molar-refractivity contribution in [2.24, 2.45) is 0 Å². The number of aliphatic hydroxyl groups excluding tert-OH is 1. The second-order valence-corrected chi connectivity index (χ2v) is 5.32. The summed E-state index contributed by atoms with van der Waals surface area (Å²) in [6, 6.07) is 6.11. The molecule has 1 aromatic rings. The van der Waals surface area contributed by atoms with Gasteiger partial charge in [0.05, 0.1) is 25.4 Å². The van der Waals surface area contributed by atoms with Gasteiger partial charge in [-0.25, -0.2) is 4.39 Å². The Balaban J connectivity index is 2.13. The first-order valence-corrected chi connectivity index (χ1v) is 6.98. The Morgan fingerprint density at radius 3 is 3.00 bits per heavy atom. The van der Waals surface area contributed by atoms with Gasteiger partial charge >= 0.3 is 0 Å². The zero-order valence-electron chi connectivity index (χ0n) is 12.3. The molecule has 2 unspecified atom stereocenters. The lowest BCUT2D eigenvalue weighted by Gasteiger charge is -2.37. The zero-order chi connectivity index (χ0) is 15.4. The van der Waals surface area contributed by atoms with Crippen LogP contribution in [-0.2, 0) is 9.53 Å². The minimum Gasteiger partial charge on any atom is -0.394 e. The number of rotatable bonds is 3. The Morgan fingerprint density at radius 1 is 1.57 bits per heavy atom. The van der Waals surface area contributed by atoms with Crippen LogP contribution >= 0.6 is 0 Å². The third kappa shape index (κ3) is 3.89.